The van der Waals surface area contributed by atoms with E-state index in [2.05, 4.69) is 27.5 Å². The Kier molecular flexibility index (Phi) is 5.89. The van der Waals surface area contributed by atoms with E-state index in [-0.39, 0.29) is 30.1 Å². The lowest BCUT2D eigenvalue weighted by atomic mass is 9.86. The Labute approximate surface area is 202 Å². The molecule has 2 amide bonds. The van der Waals surface area contributed by atoms with Gasteiger partial charge in [0.15, 0.2) is 0 Å². The third kappa shape index (κ3) is 4.32. The highest BCUT2D eigenvalue weighted by atomic mass is 32.1. The van der Waals surface area contributed by atoms with Crippen molar-refractivity contribution in [2.24, 2.45) is 7.05 Å². The summed E-state index contributed by atoms with van der Waals surface area (Å²) in [5.41, 5.74) is 1.82. The molecule has 1 aliphatic heterocycles. The number of hydrogen-bond donors (Lipinski definition) is 1. The van der Waals surface area contributed by atoms with Crippen LogP contribution < -0.4 is 5.32 Å². The smallest absolute Gasteiger partial charge is 0.411 e. The number of aromatic nitrogens is 3. The Morgan fingerprint density at radius 3 is 2.59 bits per heavy atom. The van der Waals surface area contributed by atoms with Crippen LogP contribution in [0.15, 0.2) is 48.1 Å². The van der Waals surface area contributed by atoms with Crippen LogP contribution in [0.5, 0.6) is 0 Å². The first-order valence-electron chi connectivity index (χ1n) is 11.6. The lowest BCUT2D eigenvalue weighted by molar-refractivity contribution is 0.0663. The summed E-state index contributed by atoms with van der Waals surface area (Å²) in [6.45, 7) is 3.95. The number of nitrogens with zero attached hydrogens (tertiary/aromatic N) is 4. The predicted molar refractivity (Wildman–Crippen MR) is 129 cm³/mol. The van der Waals surface area contributed by atoms with Crippen LogP contribution in [-0.2, 0) is 11.8 Å². The molecule has 3 heterocycles. The zero-order chi connectivity index (χ0) is 23.9. The number of amides is 2. The van der Waals surface area contributed by atoms with Gasteiger partial charge in [-0.1, -0.05) is 30.3 Å². The van der Waals surface area contributed by atoms with Gasteiger partial charge in [-0.15, -0.1) is 11.3 Å². The molecule has 1 unspecified atom stereocenters. The highest BCUT2D eigenvalue weighted by Gasteiger charge is 2.51. The highest BCUT2D eigenvalue weighted by molar-refractivity contribution is 7.13. The topological polar surface area (TPSA) is 89.4 Å². The van der Waals surface area contributed by atoms with Crippen LogP contribution in [0.3, 0.4) is 0 Å². The molecule has 0 radical (unpaired) electrons. The molecule has 0 spiro atoms. The second-order valence-electron chi connectivity index (χ2n) is 9.61. The lowest BCUT2D eigenvalue weighted by Crippen LogP contribution is -2.46. The van der Waals surface area contributed by atoms with E-state index >= 15 is 0 Å². The van der Waals surface area contributed by atoms with Crippen LogP contribution in [0.1, 0.15) is 61.6 Å². The van der Waals surface area contributed by atoms with Crippen molar-refractivity contribution in [2.75, 3.05) is 0 Å². The first-order valence-corrected chi connectivity index (χ1v) is 12.5. The normalized spacial score (nSPS) is 24.1. The highest BCUT2D eigenvalue weighted by Crippen LogP contribution is 2.44. The van der Waals surface area contributed by atoms with Crippen molar-refractivity contribution in [2.45, 2.75) is 63.3 Å². The molecule has 34 heavy (non-hydrogen) atoms. The third-order valence-electron chi connectivity index (χ3n) is 6.73. The van der Waals surface area contributed by atoms with Crippen molar-refractivity contribution < 1.29 is 14.3 Å². The number of nitrogens with one attached hydrogen (secondary N) is 1. The van der Waals surface area contributed by atoms with Crippen molar-refractivity contribution in [3.05, 3.63) is 59.4 Å². The number of hydrogen-bond acceptors (Lipinski definition) is 6. The average molecular weight is 480 g/mol. The minimum atomic E-state index is -0.597. The van der Waals surface area contributed by atoms with Gasteiger partial charge in [-0.05, 0) is 45.1 Å². The molecule has 1 aromatic carbocycles. The number of thiazole rings is 1. The van der Waals surface area contributed by atoms with Crippen molar-refractivity contribution in [3.8, 4) is 10.6 Å². The Morgan fingerprint density at radius 2 is 1.91 bits per heavy atom. The van der Waals surface area contributed by atoms with Crippen molar-refractivity contribution in [1.82, 2.24) is 25.0 Å². The zero-order valence-corrected chi connectivity index (χ0v) is 20.4. The molecule has 178 valence electrons. The van der Waals surface area contributed by atoms with Gasteiger partial charge in [0.2, 0.25) is 0 Å². The maximum Gasteiger partial charge on any atom is 0.411 e. The third-order valence-corrected chi connectivity index (χ3v) is 7.62. The molecular weight excluding hydrogens is 450 g/mol. The zero-order valence-electron chi connectivity index (χ0n) is 19.6. The van der Waals surface area contributed by atoms with Gasteiger partial charge in [0.25, 0.3) is 5.91 Å². The van der Waals surface area contributed by atoms with Gasteiger partial charge in [0.1, 0.15) is 16.3 Å². The number of carbonyl (C=O) groups is 2. The van der Waals surface area contributed by atoms with Crippen LogP contribution >= 0.6 is 11.3 Å². The van der Waals surface area contributed by atoms with E-state index in [1.807, 2.05) is 50.2 Å². The van der Waals surface area contributed by atoms with Crippen LogP contribution in [0.2, 0.25) is 0 Å². The maximum absolute atomic E-state index is 12.9. The van der Waals surface area contributed by atoms with Crippen LogP contribution in [0.25, 0.3) is 10.6 Å². The van der Waals surface area contributed by atoms with Crippen LogP contribution in [0, 0.1) is 0 Å². The van der Waals surface area contributed by atoms with Gasteiger partial charge < -0.3 is 10.1 Å². The van der Waals surface area contributed by atoms with E-state index in [0.29, 0.717) is 5.69 Å². The monoisotopic (exact) mass is 479 g/mol. The second-order valence-corrected chi connectivity index (χ2v) is 10.5. The molecule has 2 fully saturated rings. The molecule has 1 saturated carbocycles. The van der Waals surface area contributed by atoms with E-state index in [4.69, 9.17) is 4.74 Å². The molecule has 3 aromatic rings. The van der Waals surface area contributed by atoms with Crippen molar-refractivity contribution >= 4 is 23.3 Å². The molecule has 9 heteroatoms. The quantitative estimate of drug-likeness (QED) is 0.580. The molecule has 2 aliphatic rings. The summed E-state index contributed by atoms with van der Waals surface area (Å²) in [5, 5.41) is 9.87. The minimum Gasteiger partial charge on any atom is -0.441 e. The Balaban J connectivity index is 1.22. The van der Waals surface area contributed by atoms with E-state index in [9.17, 15) is 9.59 Å². The van der Waals surface area contributed by atoms with Gasteiger partial charge in [-0.3, -0.25) is 14.4 Å². The Morgan fingerprint density at radius 1 is 1.18 bits per heavy atom. The SMILES string of the molecule is Cn1cc(-c2nc(C(=O)NC3CCC(N4C(=O)OC(C)(C)C4c4ccccc4)CC3)cs2)cn1. The van der Waals surface area contributed by atoms with Gasteiger partial charge in [-0.2, -0.15) is 5.10 Å². The van der Waals surface area contributed by atoms with Gasteiger partial charge in [-0.25, -0.2) is 9.78 Å². The Bertz CT molecular complexity index is 1180. The summed E-state index contributed by atoms with van der Waals surface area (Å²) in [7, 11) is 1.85. The molecule has 1 saturated heterocycles. The molecule has 0 bridgehead atoms. The van der Waals surface area contributed by atoms with E-state index in [0.717, 1.165) is 41.8 Å². The molecule has 1 atom stereocenters. The fourth-order valence-electron chi connectivity index (χ4n) is 5.13. The van der Waals surface area contributed by atoms with Gasteiger partial charge in [0.05, 0.1) is 12.2 Å². The summed E-state index contributed by atoms with van der Waals surface area (Å²) in [4.78, 5) is 32.1. The predicted octanol–water partition coefficient (Wildman–Crippen LogP) is 4.56. The molecule has 2 aromatic heterocycles. The van der Waals surface area contributed by atoms with Crippen molar-refractivity contribution in [1.29, 1.82) is 0 Å². The molecule has 8 nitrogen and oxygen atoms in total. The largest absolute Gasteiger partial charge is 0.441 e. The average Bonchev–Trinajstić information content (AvgIpc) is 3.52. The lowest BCUT2D eigenvalue weighted by Gasteiger charge is -2.38. The van der Waals surface area contributed by atoms with Gasteiger partial charge >= 0.3 is 6.09 Å². The fraction of sp³-hybridized carbons (Fsp3) is 0.440. The molecule has 5 rings (SSSR count). The first-order chi connectivity index (χ1) is 16.3. The number of aryl methyl sites for hydroxylation is 1. The minimum absolute atomic E-state index is 0.0640. The number of cyclic esters (lactones) is 1. The van der Waals surface area contributed by atoms with Crippen LogP contribution in [0.4, 0.5) is 4.79 Å². The Hall–Kier alpha value is -3.20. The number of ether oxygens (including phenoxy) is 1. The number of carbonyl (C=O) groups excluding carboxylic acids is 2. The standard InChI is InChI=1S/C25H29N5O3S/c1-25(2)21(16-7-5-4-6-8-16)30(24(32)33-25)19-11-9-18(10-12-19)27-22(31)20-15-34-23(28-20)17-13-26-29(3)14-17/h4-8,13-15,18-19,21H,9-12H2,1-3H3,(H,27,31). The molecule has 1 aliphatic carbocycles. The van der Waals surface area contributed by atoms with E-state index < -0.39 is 5.60 Å². The van der Waals surface area contributed by atoms with Crippen molar-refractivity contribution in [3.63, 3.8) is 0 Å². The summed E-state index contributed by atoms with van der Waals surface area (Å²) >= 11 is 1.44. The summed E-state index contributed by atoms with van der Waals surface area (Å²) in [6, 6.07) is 10.1. The first kappa shape index (κ1) is 22.6. The van der Waals surface area contributed by atoms with Gasteiger partial charge in [0, 0.05) is 36.3 Å². The summed E-state index contributed by atoms with van der Waals surface area (Å²) in [5.74, 6) is -0.154. The molecule has 1 N–H and O–H groups in total. The summed E-state index contributed by atoms with van der Waals surface area (Å²) in [6.07, 6.45) is 6.62. The van der Waals surface area contributed by atoms with Crippen LogP contribution in [-0.4, -0.2) is 49.3 Å². The maximum atomic E-state index is 12.9. The molecular formula is C25H29N5O3S. The number of benzene rings is 1. The van der Waals surface area contributed by atoms with E-state index in [1.165, 1.54) is 11.3 Å². The van der Waals surface area contributed by atoms with E-state index in [1.54, 1.807) is 16.3 Å². The number of rotatable bonds is 5. The summed E-state index contributed by atoms with van der Waals surface area (Å²) < 4.78 is 7.49. The fourth-order valence-corrected chi connectivity index (χ4v) is 5.91. The second kappa shape index (κ2) is 8.87.